The highest BCUT2D eigenvalue weighted by Gasteiger charge is 2.11. The van der Waals surface area contributed by atoms with E-state index in [2.05, 4.69) is 25.6 Å². The molecule has 1 aromatic carbocycles. The van der Waals surface area contributed by atoms with Crippen molar-refractivity contribution < 1.29 is 4.79 Å². The first-order valence-electron chi connectivity index (χ1n) is 6.87. The van der Waals surface area contributed by atoms with Gasteiger partial charge in [-0.1, -0.05) is 17.3 Å². The predicted octanol–water partition coefficient (Wildman–Crippen LogP) is 1.13. The number of carbonyl (C=O) groups excluding carboxylic acids is 1. The van der Waals surface area contributed by atoms with Crippen molar-refractivity contribution in [2.75, 3.05) is 5.32 Å². The SMILES string of the molecule is Cc1cc(=O)[nH]c(-c2cccc(NC(=O)c3cn(C)nn3)c2)n1. The predicted molar refractivity (Wildman–Crippen MR) is 84.0 cm³/mol. The zero-order chi connectivity index (χ0) is 16.4. The van der Waals surface area contributed by atoms with Crippen molar-refractivity contribution in [1.29, 1.82) is 0 Å². The highest BCUT2D eigenvalue weighted by atomic mass is 16.2. The number of aromatic nitrogens is 5. The first-order chi connectivity index (χ1) is 11.0. The molecule has 116 valence electrons. The lowest BCUT2D eigenvalue weighted by atomic mass is 10.2. The number of hydrogen-bond donors (Lipinski definition) is 2. The summed E-state index contributed by atoms with van der Waals surface area (Å²) in [6.45, 7) is 1.75. The normalized spacial score (nSPS) is 10.5. The van der Waals surface area contributed by atoms with E-state index in [0.29, 0.717) is 22.8 Å². The molecule has 0 unspecified atom stereocenters. The van der Waals surface area contributed by atoms with E-state index in [1.807, 2.05) is 0 Å². The minimum absolute atomic E-state index is 0.221. The number of aromatic amines is 1. The Kier molecular flexibility index (Phi) is 3.71. The maximum atomic E-state index is 12.1. The molecule has 1 amide bonds. The molecule has 0 aliphatic carbocycles. The van der Waals surface area contributed by atoms with Gasteiger partial charge in [0.25, 0.3) is 11.5 Å². The largest absolute Gasteiger partial charge is 0.321 e. The first kappa shape index (κ1) is 14.6. The Hall–Kier alpha value is -3.29. The quantitative estimate of drug-likeness (QED) is 0.754. The summed E-state index contributed by atoms with van der Waals surface area (Å²) < 4.78 is 1.45. The Morgan fingerprint density at radius 2 is 2.13 bits per heavy atom. The molecule has 0 saturated heterocycles. The number of amides is 1. The zero-order valence-corrected chi connectivity index (χ0v) is 12.6. The van der Waals surface area contributed by atoms with Crippen LogP contribution in [-0.4, -0.2) is 30.9 Å². The van der Waals surface area contributed by atoms with Crippen molar-refractivity contribution in [3.63, 3.8) is 0 Å². The van der Waals surface area contributed by atoms with Gasteiger partial charge in [0, 0.05) is 30.1 Å². The van der Waals surface area contributed by atoms with E-state index >= 15 is 0 Å². The van der Waals surface area contributed by atoms with Gasteiger partial charge in [-0.2, -0.15) is 0 Å². The van der Waals surface area contributed by atoms with Gasteiger partial charge in [0.2, 0.25) is 0 Å². The van der Waals surface area contributed by atoms with E-state index < -0.39 is 0 Å². The molecule has 3 aromatic rings. The summed E-state index contributed by atoms with van der Waals surface area (Å²) in [7, 11) is 1.68. The van der Waals surface area contributed by atoms with Gasteiger partial charge in [0.15, 0.2) is 5.69 Å². The maximum Gasteiger partial charge on any atom is 0.277 e. The van der Waals surface area contributed by atoms with Gasteiger partial charge in [-0.25, -0.2) is 4.98 Å². The van der Waals surface area contributed by atoms with Gasteiger partial charge < -0.3 is 10.3 Å². The standard InChI is InChI=1S/C15H14N6O2/c1-9-6-13(22)18-14(16-9)10-4-3-5-11(7-10)17-15(23)12-8-21(2)20-19-12/h3-8H,1-2H3,(H,17,23)(H,16,18,22). The Bertz CT molecular complexity index is 927. The molecule has 0 bridgehead atoms. The van der Waals surface area contributed by atoms with Crippen LogP contribution >= 0.6 is 0 Å². The molecular formula is C15H14N6O2. The number of H-pyrrole nitrogens is 1. The number of anilines is 1. The molecule has 0 radical (unpaired) electrons. The lowest BCUT2D eigenvalue weighted by Crippen LogP contribution is -2.13. The van der Waals surface area contributed by atoms with Crippen LogP contribution in [0.3, 0.4) is 0 Å². The third-order valence-corrected chi connectivity index (χ3v) is 3.10. The molecule has 2 N–H and O–H groups in total. The van der Waals surface area contributed by atoms with E-state index in [1.54, 1.807) is 38.2 Å². The van der Waals surface area contributed by atoms with Crippen molar-refractivity contribution in [2.45, 2.75) is 6.92 Å². The van der Waals surface area contributed by atoms with E-state index in [1.165, 1.54) is 16.9 Å². The fraction of sp³-hybridized carbons (Fsp3) is 0.133. The average molecular weight is 310 g/mol. The second kappa shape index (κ2) is 5.84. The Morgan fingerprint density at radius 1 is 1.30 bits per heavy atom. The number of nitrogens with one attached hydrogen (secondary N) is 2. The van der Waals surface area contributed by atoms with Gasteiger partial charge in [0.1, 0.15) is 5.82 Å². The van der Waals surface area contributed by atoms with Crippen LogP contribution in [0.2, 0.25) is 0 Å². The maximum absolute atomic E-state index is 12.1. The Morgan fingerprint density at radius 3 is 2.83 bits per heavy atom. The van der Waals surface area contributed by atoms with Gasteiger partial charge in [-0.05, 0) is 19.1 Å². The molecule has 0 aliphatic heterocycles. The Labute approximate surface area is 131 Å². The summed E-state index contributed by atoms with van der Waals surface area (Å²) in [5, 5.41) is 10.2. The van der Waals surface area contributed by atoms with E-state index in [9.17, 15) is 9.59 Å². The fourth-order valence-corrected chi connectivity index (χ4v) is 2.11. The second-order valence-electron chi connectivity index (χ2n) is 5.05. The van der Waals surface area contributed by atoms with E-state index in [0.717, 1.165) is 0 Å². The summed E-state index contributed by atoms with van der Waals surface area (Å²) in [5.74, 6) is 0.0894. The van der Waals surface area contributed by atoms with Gasteiger partial charge >= 0.3 is 0 Å². The summed E-state index contributed by atoms with van der Waals surface area (Å²) in [6.07, 6.45) is 1.53. The smallest absolute Gasteiger partial charge is 0.277 e. The molecule has 2 aromatic heterocycles. The highest BCUT2D eigenvalue weighted by Crippen LogP contribution is 2.19. The number of nitrogens with zero attached hydrogens (tertiary/aromatic N) is 4. The number of benzene rings is 1. The molecule has 3 rings (SSSR count). The van der Waals surface area contributed by atoms with Crippen LogP contribution in [0.1, 0.15) is 16.2 Å². The van der Waals surface area contributed by atoms with Crippen LogP contribution < -0.4 is 10.9 Å². The van der Waals surface area contributed by atoms with Crippen LogP contribution in [-0.2, 0) is 7.05 Å². The second-order valence-corrected chi connectivity index (χ2v) is 5.05. The molecule has 0 atom stereocenters. The fourth-order valence-electron chi connectivity index (χ4n) is 2.11. The minimum Gasteiger partial charge on any atom is -0.321 e. The van der Waals surface area contributed by atoms with Crippen molar-refractivity contribution >= 4 is 11.6 Å². The van der Waals surface area contributed by atoms with Gasteiger partial charge in [0.05, 0.1) is 6.20 Å². The molecular weight excluding hydrogens is 296 g/mol. The number of aryl methyl sites for hydroxylation is 2. The molecule has 0 aliphatic rings. The molecule has 8 heteroatoms. The summed E-state index contributed by atoms with van der Waals surface area (Å²) in [6, 6.07) is 8.46. The molecule has 8 nitrogen and oxygen atoms in total. The van der Waals surface area contributed by atoms with Crippen LogP contribution in [0.25, 0.3) is 11.4 Å². The highest BCUT2D eigenvalue weighted by molar-refractivity contribution is 6.02. The number of rotatable bonds is 3. The molecule has 0 fully saturated rings. The zero-order valence-electron chi connectivity index (χ0n) is 12.6. The Balaban J connectivity index is 1.88. The summed E-state index contributed by atoms with van der Waals surface area (Å²) in [4.78, 5) is 30.6. The van der Waals surface area contributed by atoms with E-state index in [4.69, 9.17) is 0 Å². The van der Waals surface area contributed by atoms with E-state index in [-0.39, 0.29) is 17.2 Å². The molecule has 23 heavy (non-hydrogen) atoms. The van der Waals surface area contributed by atoms with Crippen LogP contribution in [0, 0.1) is 6.92 Å². The lowest BCUT2D eigenvalue weighted by Gasteiger charge is -2.06. The topological polar surface area (TPSA) is 106 Å². The monoisotopic (exact) mass is 310 g/mol. The third kappa shape index (κ3) is 3.31. The average Bonchev–Trinajstić information content (AvgIpc) is 2.93. The van der Waals surface area contributed by atoms with Gasteiger partial charge in [-0.15, -0.1) is 5.10 Å². The third-order valence-electron chi connectivity index (χ3n) is 3.10. The number of carbonyl (C=O) groups is 1. The van der Waals surface area contributed by atoms with Crippen molar-refractivity contribution in [3.8, 4) is 11.4 Å². The number of hydrogen-bond acceptors (Lipinski definition) is 5. The van der Waals surface area contributed by atoms with Crippen molar-refractivity contribution in [1.82, 2.24) is 25.0 Å². The van der Waals surface area contributed by atoms with Crippen LogP contribution in [0.5, 0.6) is 0 Å². The van der Waals surface area contributed by atoms with Crippen molar-refractivity contribution in [2.24, 2.45) is 7.05 Å². The minimum atomic E-state index is -0.360. The lowest BCUT2D eigenvalue weighted by molar-refractivity contribution is 0.102. The molecule has 2 heterocycles. The first-order valence-corrected chi connectivity index (χ1v) is 6.87. The van der Waals surface area contributed by atoms with Gasteiger partial charge in [-0.3, -0.25) is 14.3 Å². The molecule has 0 saturated carbocycles. The molecule has 0 spiro atoms. The summed E-state index contributed by atoms with van der Waals surface area (Å²) >= 11 is 0. The van der Waals surface area contributed by atoms with Crippen molar-refractivity contribution in [3.05, 3.63) is 58.3 Å². The van der Waals surface area contributed by atoms with Crippen LogP contribution in [0.4, 0.5) is 5.69 Å². The van der Waals surface area contributed by atoms with Crippen LogP contribution in [0.15, 0.2) is 41.3 Å². The summed E-state index contributed by atoms with van der Waals surface area (Å²) in [5.41, 5.74) is 1.89.